The van der Waals surface area contributed by atoms with Gasteiger partial charge in [-0.15, -0.1) is 0 Å². The van der Waals surface area contributed by atoms with Crippen molar-refractivity contribution in [2.75, 3.05) is 23.3 Å². The van der Waals surface area contributed by atoms with Gasteiger partial charge in [-0.25, -0.2) is 4.79 Å². The van der Waals surface area contributed by atoms with E-state index in [1.165, 1.54) is 12.1 Å². The lowest BCUT2D eigenvalue weighted by Gasteiger charge is -2.30. The number of nitrogens with one attached hydrogen (secondary N) is 3. The topological polar surface area (TPSA) is 124 Å². The Morgan fingerprint density at radius 3 is 2.54 bits per heavy atom. The Labute approximate surface area is 159 Å². The third-order valence-electron chi connectivity index (χ3n) is 4.91. The number of hydrogen-bond acceptors (Lipinski definition) is 5. The Morgan fingerprint density at radius 1 is 1.04 bits per heavy atom. The van der Waals surface area contributed by atoms with Crippen molar-refractivity contribution in [1.82, 2.24) is 9.97 Å². The number of non-ortho nitro benzene ring substituents is 1. The SMILES string of the molecule is O=C(Nc1ccc2[nH]c(=O)[nH]c2c1)c1cc([N+](=O)[O-])ccc1N1CCCCC1. The van der Waals surface area contributed by atoms with Crippen LogP contribution < -0.4 is 15.9 Å². The molecule has 0 saturated carbocycles. The fourth-order valence-electron chi connectivity index (χ4n) is 3.54. The van der Waals surface area contributed by atoms with E-state index < -0.39 is 10.8 Å². The highest BCUT2D eigenvalue weighted by atomic mass is 16.6. The van der Waals surface area contributed by atoms with Gasteiger partial charge in [0.25, 0.3) is 11.6 Å². The van der Waals surface area contributed by atoms with E-state index in [1.54, 1.807) is 24.3 Å². The number of nitro groups is 1. The van der Waals surface area contributed by atoms with E-state index in [1.807, 2.05) is 0 Å². The van der Waals surface area contributed by atoms with Crippen molar-refractivity contribution in [3.8, 4) is 0 Å². The molecule has 3 N–H and O–H groups in total. The highest BCUT2D eigenvalue weighted by Crippen LogP contribution is 2.29. The average molecular weight is 381 g/mol. The van der Waals surface area contributed by atoms with Crippen LogP contribution >= 0.6 is 0 Å². The van der Waals surface area contributed by atoms with Gasteiger partial charge < -0.3 is 20.2 Å². The third kappa shape index (κ3) is 3.46. The summed E-state index contributed by atoms with van der Waals surface area (Å²) >= 11 is 0. The quantitative estimate of drug-likeness (QED) is 0.473. The number of fused-ring (bicyclic) bond motifs is 1. The van der Waals surface area contributed by atoms with Gasteiger partial charge in [0.1, 0.15) is 0 Å². The van der Waals surface area contributed by atoms with Gasteiger partial charge in [0.05, 0.1) is 27.2 Å². The van der Waals surface area contributed by atoms with E-state index in [9.17, 15) is 19.7 Å². The predicted molar refractivity (Wildman–Crippen MR) is 106 cm³/mol. The number of nitrogens with zero attached hydrogens (tertiary/aromatic N) is 2. The van der Waals surface area contributed by atoms with Crippen LogP contribution in [0.3, 0.4) is 0 Å². The smallest absolute Gasteiger partial charge is 0.323 e. The maximum atomic E-state index is 13.0. The maximum Gasteiger partial charge on any atom is 0.323 e. The maximum absolute atomic E-state index is 13.0. The summed E-state index contributed by atoms with van der Waals surface area (Å²) in [5.41, 5.74) is 2.19. The Balaban J connectivity index is 1.68. The van der Waals surface area contributed by atoms with Crippen LogP contribution in [0.15, 0.2) is 41.2 Å². The minimum Gasteiger partial charge on any atom is -0.371 e. The standard InChI is InChI=1S/C19H19N5O4/c25-18(20-12-4-6-15-16(10-12)22-19(26)21-15)14-11-13(24(27)28)5-7-17(14)23-8-2-1-3-9-23/h4-7,10-11H,1-3,8-9H2,(H,20,25)(H2,21,22,26). The van der Waals surface area contributed by atoms with Gasteiger partial charge in [-0.05, 0) is 43.5 Å². The minimum atomic E-state index is -0.507. The Morgan fingerprint density at radius 2 is 1.79 bits per heavy atom. The first-order valence-electron chi connectivity index (χ1n) is 9.08. The van der Waals surface area contributed by atoms with Crippen molar-refractivity contribution in [3.63, 3.8) is 0 Å². The molecule has 4 rings (SSSR count). The number of amides is 1. The number of aromatic nitrogens is 2. The van der Waals surface area contributed by atoms with E-state index in [0.717, 1.165) is 32.4 Å². The first kappa shape index (κ1) is 17.8. The lowest BCUT2D eigenvalue weighted by Crippen LogP contribution is -2.31. The summed E-state index contributed by atoms with van der Waals surface area (Å²) in [5, 5.41) is 14.0. The number of nitro benzene ring substituents is 1. The molecule has 144 valence electrons. The molecule has 9 heteroatoms. The van der Waals surface area contributed by atoms with Crippen molar-refractivity contribution < 1.29 is 9.72 Å². The molecule has 0 bridgehead atoms. The molecule has 1 amide bonds. The monoisotopic (exact) mass is 381 g/mol. The predicted octanol–water partition coefficient (Wildman–Crippen LogP) is 3.01. The Hall–Kier alpha value is -3.62. The molecule has 28 heavy (non-hydrogen) atoms. The number of H-pyrrole nitrogens is 2. The summed E-state index contributed by atoms with van der Waals surface area (Å²) in [7, 11) is 0. The van der Waals surface area contributed by atoms with Gasteiger partial charge in [-0.2, -0.15) is 0 Å². The number of piperidine rings is 1. The van der Waals surface area contributed by atoms with Crippen molar-refractivity contribution in [3.05, 3.63) is 62.6 Å². The molecule has 2 aromatic carbocycles. The summed E-state index contributed by atoms with van der Waals surface area (Å²) in [6.45, 7) is 1.63. The van der Waals surface area contributed by atoms with Crippen LogP contribution in [0.25, 0.3) is 11.0 Å². The molecule has 0 aliphatic carbocycles. The van der Waals surface area contributed by atoms with Gasteiger partial charge in [0.15, 0.2) is 0 Å². The van der Waals surface area contributed by atoms with Gasteiger partial charge in [0, 0.05) is 30.9 Å². The van der Waals surface area contributed by atoms with Crippen LogP contribution in [-0.4, -0.2) is 33.9 Å². The highest BCUT2D eigenvalue weighted by Gasteiger charge is 2.22. The molecule has 3 aromatic rings. The lowest BCUT2D eigenvalue weighted by atomic mass is 10.1. The molecule has 0 radical (unpaired) electrons. The van der Waals surface area contributed by atoms with Crippen LogP contribution in [0.5, 0.6) is 0 Å². The molecule has 1 saturated heterocycles. The van der Waals surface area contributed by atoms with E-state index in [2.05, 4.69) is 20.2 Å². The number of anilines is 2. The molecule has 0 spiro atoms. The van der Waals surface area contributed by atoms with Crippen LogP contribution in [0, 0.1) is 10.1 Å². The van der Waals surface area contributed by atoms with Gasteiger partial charge in [0.2, 0.25) is 0 Å². The molecule has 9 nitrogen and oxygen atoms in total. The van der Waals surface area contributed by atoms with Crippen LogP contribution in [0.4, 0.5) is 17.1 Å². The summed E-state index contributed by atoms with van der Waals surface area (Å²) in [6, 6.07) is 9.38. The molecule has 1 aliphatic rings. The van der Waals surface area contributed by atoms with Crippen molar-refractivity contribution in [2.24, 2.45) is 0 Å². The van der Waals surface area contributed by atoms with Crippen LogP contribution in [0.2, 0.25) is 0 Å². The second-order valence-electron chi connectivity index (χ2n) is 6.80. The van der Waals surface area contributed by atoms with Crippen molar-refractivity contribution in [2.45, 2.75) is 19.3 Å². The molecule has 0 atom stereocenters. The third-order valence-corrected chi connectivity index (χ3v) is 4.91. The molecule has 1 fully saturated rings. The van der Waals surface area contributed by atoms with E-state index in [4.69, 9.17) is 0 Å². The van der Waals surface area contributed by atoms with E-state index in [-0.39, 0.29) is 16.9 Å². The van der Waals surface area contributed by atoms with E-state index in [0.29, 0.717) is 22.4 Å². The first-order chi connectivity index (χ1) is 13.5. The summed E-state index contributed by atoms with van der Waals surface area (Å²) in [5.74, 6) is -0.429. The number of hydrogen-bond donors (Lipinski definition) is 3. The summed E-state index contributed by atoms with van der Waals surface area (Å²) in [4.78, 5) is 42.4. The number of aromatic amines is 2. The first-order valence-corrected chi connectivity index (χ1v) is 9.08. The van der Waals surface area contributed by atoms with Crippen molar-refractivity contribution >= 4 is 34.0 Å². The highest BCUT2D eigenvalue weighted by molar-refractivity contribution is 6.09. The zero-order valence-corrected chi connectivity index (χ0v) is 15.0. The number of carbonyl (C=O) groups excluding carboxylic acids is 1. The molecular formula is C19H19N5O4. The average Bonchev–Trinajstić information content (AvgIpc) is 3.07. The zero-order valence-electron chi connectivity index (χ0n) is 15.0. The number of benzene rings is 2. The normalized spacial score (nSPS) is 14.2. The molecule has 2 heterocycles. The number of rotatable bonds is 4. The van der Waals surface area contributed by atoms with Gasteiger partial charge in [-0.3, -0.25) is 14.9 Å². The fourth-order valence-corrected chi connectivity index (χ4v) is 3.54. The van der Waals surface area contributed by atoms with Crippen molar-refractivity contribution in [1.29, 1.82) is 0 Å². The molecule has 1 aliphatic heterocycles. The minimum absolute atomic E-state index is 0.128. The fraction of sp³-hybridized carbons (Fsp3) is 0.263. The second kappa shape index (κ2) is 7.18. The zero-order chi connectivity index (χ0) is 19.7. The van der Waals surface area contributed by atoms with Crippen LogP contribution in [-0.2, 0) is 0 Å². The number of carbonyl (C=O) groups is 1. The van der Waals surface area contributed by atoms with Gasteiger partial charge in [-0.1, -0.05) is 0 Å². The van der Waals surface area contributed by atoms with E-state index >= 15 is 0 Å². The molecule has 0 unspecified atom stereocenters. The largest absolute Gasteiger partial charge is 0.371 e. The molecule has 1 aromatic heterocycles. The molecular weight excluding hydrogens is 362 g/mol. The summed E-state index contributed by atoms with van der Waals surface area (Å²) < 4.78 is 0. The number of imidazole rings is 1. The van der Waals surface area contributed by atoms with Crippen LogP contribution in [0.1, 0.15) is 29.6 Å². The summed E-state index contributed by atoms with van der Waals surface area (Å²) in [6.07, 6.45) is 3.19. The Kier molecular flexibility index (Phi) is 4.56. The lowest BCUT2D eigenvalue weighted by molar-refractivity contribution is -0.384. The van der Waals surface area contributed by atoms with Gasteiger partial charge >= 0.3 is 5.69 Å². The second-order valence-corrected chi connectivity index (χ2v) is 6.80. The Bertz CT molecular complexity index is 1110.